The summed E-state index contributed by atoms with van der Waals surface area (Å²) in [5.74, 6) is -1.25. The molecule has 1 aliphatic carbocycles. The van der Waals surface area contributed by atoms with Gasteiger partial charge in [0.1, 0.15) is 0 Å². The van der Waals surface area contributed by atoms with Crippen LogP contribution in [0.1, 0.15) is 66.3 Å². The lowest BCUT2D eigenvalue weighted by atomic mass is 9.84. The van der Waals surface area contributed by atoms with E-state index in [4.69, 9.17) is 0 Å². The molecule has 1 unspecified atom stereocenters. The van der Waals surface area contributed by atoms with Crippen LogP contribution in [0.2, 0.25) is 0 Å². The molecule has 0 bridgehead atoms. The van der Waals surface area contributed by atoms with Gasteiger partial charge in [-0.3, -0.25) is 9.69 Å². The van der Waals surface area contributed by atoms with Gasteiger partial charge in [-0.25, -0.2) is 0 Å². The number of alkyl halides is 6. The van der Waals surface area contributed by atoms with Crippen LogP contribution in [0.4, 0.5) is 32.0 Å². The van der Waals surface area contributed by atoms with Crippen molar-refractivity contribution >= 4 is 11.6 Å². The first-order valence-electron chi connectivity index (χ1n) is 13.3. The van der Waals surface area contributed by atoms with E-state index in [2.05, 4.69) is 29.4 Å². The minimum atomic E-state index is -4.93. The van der Waals surface area contributed by atoms with Crippen LogP contribution in [0.3, 0.4) is 0 Å². The summed E-state index contributed by atoms with van der Waals surface area (Å²) in [5.41, 5.74) is -0.808. The molecule has 1 N–H and O–H groups in total. The zero-order valence-electron chi connectivity index (χ0n) is 22.3. The highest BCUT2D eigenvalue weighted by molar-refractivity contribution is 5.93. The number of anilines is 1. The second kappa shape index (κ2) is 12.0. The van der Waals surface area contributed by atoms with Gasteiger partial charge in [0.15, 0.2) is 0 Å². The van der Waals surface area contributed by atoms with E-state index >= 15 is 0 Å². The van der Waals surface area contributed by atoms with Crippen molar-refractivity contribution in [1.82, 2.24) is 4.90 Å². The fourth-order valence-electron chi connectivity index (χ4n) is 5.41. The van der Waals surface area contributed by atoms with Gasteiger partial charge in [-0.05, 0) is 73.7 Å². The molecule has 3 nitrogen and oxygen atoms in total. The Labute approximate surface area is 230 Å². The summed E-state index contributed by atoms with van der Waals surface area (Å²) < 4.78 is 80.5. The molecule has 0 aliphatic heterocycles. The quantitative estimate of drug-likeness (QED) is 0.293. The molecule has 4 rings (SSSR count). The Kier molecular flexibility index (Phi) is 8.93. The van der Waals surface area contributed by atoms with E-state index in [9.17, 15) is 31.1 Å². The normalized spacial score (nSPS) is 18.9. The molecule has 1 amide bonds. The van der Waals surface area contributed by atoms with E-state index in [1.807, 2.05) is 18.2 Å². The lowest BCUT2D eigenvalue weighted by Gasteiger charge is -2.34. The highest BCUT2D eigenvalue weighted by Gasteiger charge is 2.37. The third kappa shape index (κ3) is 7.24. The van der Waals surface area contributed by atoms with Crippen LogP contribution in [0, 0.1) is 5.92 Å². The standard InChI is InChI=1S/C31H32F6N2O/c1-20(23-16-24(30(32,33)34)18-25(17-23)31(35,36)37)27-10-6-7-11-28(27)38-29(40)22-12-14-26(15-13-22)39(2)19-21-8-4-3-5-9-21/h3-11,16-18,20,22,26H,12-15,19H2,1-2H3,(H,38,40). The third-order valence-corrected chi connectivity index (χ3v) is 7.76. The fourth-order valence-corrected chi connectivity index (χ4v) is 5.41. The maximum absolute atomic E-state index is 13.4. The first kappa shape index (κ1) is 29.6. The monoisotopic (exact) mass is 562 g/mol. The van der Waals surface area contributed by atoms with Crippen LogP contribution in [-0.4, -0.2) is 23.9 Å². The van der Waals surface area contributed by atoms with Crippen LogP contribution in [0.25, 0.3) is 0 Å². The molecule has 9 heteroatoms. The topological polar surface area (TPSA) is 32.3 Å². The summed E-state index contributed by atoms with van der Waals surface area (Å²) in [4.78, 5) is 15.5. The fraction of sp³-hybridized carbons (Fsp3) is 0.387. The van der Waals surface area contributed by atoms with Crippen molar-refractivity contribution < 1.29 is 31.1 Å². The largest absolute Gasteiger partial charge is 0.416 e. The number of rotatable bonds is 7. The minimum Gasteiger partial charge on any atom is -0.326 e. The summed E-state index contributed by atoms with van der Waals surface area (Å²) in [6.07, 6.45) is -6.78. The average Bonchev–Trinajstić information content (AvgIpc) is 2.92. The zero-order valence-corrected chi connectivity index (χ0v) is 22.3. The highest BCUT2D eigenvalue weighted by atomic mass is 19.4. The van der Waals surface area contributed by atoms with Gasteiger partial charge in [-0.2, -0.15) is 26.3 Å². The number of carbonyl (C=O) groups excluding carboxylic acids is 1. The summed E-state index contributed by atoms with van der Waals surface area (Å²) in [7, 11) is 2.08. The molecule has 40 heavy (non-hydrogen) atoms. The smallest absolute Gasteiger partial charge is 0.326 e. The number of hydrogen-bond donors (Lipinski definition) is 1. The molecule has 0 saturated heterocycles. The van der Waals surface area contributed by atoms with Crippen molar-refractivity contribution in [3.05, 3.63) is 101 Å². The molecule has 1 saturated carbocycles. The van der Waals surface area contributed by atoms with Gasteiger partial charge < -0.3 is 5.32 Å². The molecule has 0 aromatic heterocycles. The molecular formula is C31H32F6N2O. The van der Waals surface area contributed by atoms with Gasteiger partial charge in [-0.15, -0.1) is 0 Å². The third-order valence-electron chi connectivity index (χ3n) is 7.76. The van der Waals surface area contributed by atoms with E-state index < -0.39 is 29.4 Å². The Morgan fingerprint density at radius 2 is 1.40 bits per heavy atom. The summed E-state index contributed by atoms with van der Waals surface area (Å²) >= 11 is 0. The minimum absolute atomic E-state index is 0.123. The van der Waals surface area contributed by atoms with Crippen LogP contribution in [0.5, 0.6) is 0 Å². The van der Waals surface area contributed by atoms with Crippen molar-refractivity contribution in [2.45, 2.75) is 63.5 Å². The predicted molar refractivity (Wildman–Crippen MR) is 143 cm³/mol. The first-order chi connectivity index (χ1) is 18.8. The second-order valence-electron chi connectivity index (χ2n) is 10.5. The van der Waals surface area contributed by atoms with Crippen molar-refractivity contribution in [3.63, 3.8) is 0 Å². The van der Waals surface area contributed by atoms with Gasteiger partial charge in [0.05, 0.1) is 11.1 Å². The second-order valence-corrected chi connectivity index (χ2v) is 10.5. The lowest BCUT2D eigenvalue weighted by Crippen LogP contribution is -2.37. The number of benzene rings is 3. The van der Waals surface area contributed by atoms with Crippen LogP contribution >= 0.6 is 0 Å². The van der Waals surface area contributed by atoms with Crippen LogP contribution < -0.4 is 5.32 Å². The highest BCUT2D eigenvalue weighted by Crippen LogP contribution is 2.40. The van der Waals surface area contributed by atoms with Crippen LogP contribution in [-0.2, 0) is 23.7 Å². The molecule has 3 aromatic carbocycles. The van der Waals surface area contributed by atoms with E-state index in [-0.39, 0.29) is 23.5 Å². The molecule has 3 aromatic rings. The number of nitrogens with zero attached hydrogens (tertiary/aromatic N) is 1. The number of amides is 1. The Balaban J connectivity index is 1.46. The summed E-state index contributed by atoms with van der Waals surface area (Å²) in [5, 5.41) is 2.91. The molecule has 1 atom stereocenters. The van der Waals surface area contributed by atoms with E-state index in [0.717, 1.165) is 31.5 Å². The maximum Gasteiger partial charge on any atom is 0.416 e. The lowest BCUT2D eigenvalue weighted by molar-refractivity contribution is -0.143. The van der Waals surface area contributed by atoms with Gasteiger partial charge in [-0.1, -0.05) is 55.5 Å². The predicted octanol–water partition coefficient (Wildman–Crippen LogP) is 8.51. The van der Waals surface area contributed by atoms with E-state index in [1.165, 1.54) is 12.5 Å². The van der Waals surface area contributed by atoms with Gasteiger partial charge in [0.2, 0.25) is 5.91 Å². The molecule has 0 heterocycles. The Morgan fingerprint density at radius 3 is 1.98 bits per heavy atom. The average molecular weight is 563 g/mol. The maximum atomic E-state index is 13.4. The van der Waals surface area contributed by atoms with Gasteiger partial charge >= 0.3 is 12.4 Å². The van der Waals surface area contributed by atoms with E-state index in [1.54, 1.807) is 24.3 Å². The van der Waals surface area contributed by atoms with Crippen molar-refractivity contribution in [1.29, 1.82) is 0 Å². The molecular weight excluding hydrogens is 530 g/mol. The number of para-hydroxylation sites is 1. The zero-order chi connectivity index (χ0) is 29.1. The van der Waals surface area contributed by atoms with E-state index in [0.29, 0.717) is 30.1 Å². The van der Waals surface area contributed by atoms with Crippen molar-refractivity contribution in [2.75, 3.05) is 12.4 Å². The number of nitrogens with one attached hydrogen (secondary N) is 1. The summed E-state index contributed by atoms with van der Waals surface area (Å²) in [6, 6.07) is 18.7. The molecule has 0 spiro atoms. The van der Waals surface area contributed by atoms with Gasteiger partial charge in [0, 0.05) is 30.1 Å². The molecule has 1 fully saturated rings. The number of carbonyl (C=O) groups is 1. The number of hydrogen-bond acceptors (Lipinski definition) is 2. The molecule has 214 valence electrons. The van der Waals surface area contributed by atoms with Crippen LogP contribution in [0.15, 0.2) is 72.8 Å². The Hall–Kier alpha value is -3.33. The first-order valence-corrected chi connectivity index (χ1v) is 13.3. The molecule has 0 radical (unpaired) electrons. The number of halogens is 6. The van der Waals surface area contributed by atoms with Crippen molar-refractivity contribution in [2.24, 2.45) is 5.92 Å². The van der Waals surface area contributed by atoms with Gasteiger partial charge in [0.25, 0.3) is 0 Å². The Bertz CT molecular complexity index is 1260. The Morgan fingerprint density at radius 1 is 0.850 bits per heavy atom. The summed E-state index contributed by atoms with van der Waals surface area (Å²) in [6.45, 7) is 2.35. The SMILES string of the molecule is CC(c1cc(C(F)(F)F)cc(C(F)(F)F)c1)c1ccccc1NC(=O)C1CCC(N(C)Cc2ccccc2)CC1. The molecule has 1 aliphatic rings. The van der Waals surface area contributed by atoms with Crippen molar-refractivity contribution in [3.8, 4) is 0 Å².